The molecule has 4 rings (SSSR count). The average Bonchev–Trinajstić information content (AvgIpc) is 3.24. The zero-order chi connectivity index (χ0) is 23.2. The van der Waals surface area contributed by atoms with E-state index in [0.29, 0.717) is 47.0 Å². The number of benzene rings is 2. The van der Waals surface area contributed by atoms with Crippen molar-refractivity contribution in [3.05, 3.63) is 48.4 Å². The minimum absolute atomic E-state index is 0.0490. The number of fused-ring (bicyclic) bond motifs is 1. The summed E-state index contributed by atoms with van der Waals surface area (Å²) in [7, 11) is 3.29. The van der Waals surface area contributed by atoms with E-state index in [2.05, 4.69) is 15.6 Å². The van der Waals surface area contributed by atoms with Crippen molar-refractivity contribution in [1.82, 2.24) is 10.3 Å². The Morgan fingerprint density at radius 2 is 2.03 bits per heavy atom. The van der Waals surface area contributed by atoms with E-state index >= 15 is 0 Å². The third-order valence-corrected chi connectivity index (χ3v) is 6.34. The number of rotatable bonds is 10. The first kappa shape index (κ1) is 23.1. The molecule has 7 nitrogen and oxygen atoms in total. The van der Waals surface area contributed by atoms with Gasteiger partial charge in [-0.15, -0.1) is 0 Å². The smallest absolute Gasteiger partial charge is 0.205 e. The van der Waals surface area contributed by atoms with Crippen LogP contribution in [0.4, 0.5) is 10.1 Å². The fourth-order valence-electron chi connectivity index (χ4n) is 3.56. The van der Waals surface area contributed by atoms with Gasteiger partial charge in [-0.3, -0.25) is 9.78 Å². The van der Waals surface area contributed by atoms with Crippen molar-refractivity contribution in [2.45, 2.75) is 18.9 Å². The van der Waals surface area contributed by atoms with Crippen LogP contribution < -0.4 is 24.8 Å². The zero-order valence-corrected chi connectivity index (χ0v) is 19.3. The van der Waals surface area contributed by atoms with Crippen molar-refractivity contribution in [1.29, 1.82) is 0 Å². The first-order valence-corrected chi connectivity index (χ1v) is 11.7. The van der Waals surface area contributed by atoms with Crippen LogP contribution in [0.3, 0.4) is 0 Å². The Labute approximate surface area is 196 Å². The lowest BCUT2D eigenvalue weighted by Crippen LogP contribution is -2.33. The molecule has 9 heteroatoms. The van der Waals surface area contributed by atoms with Crippen LogP contribution in [0.25, 0.3) is 10.9 Å². The number of anilines is 1. The van der Waals surface area contributed by atoms with Crippen molar-refractivity contribution in [2.75, 3.05) is 38.4 Å². The molecule has 1 aliphatic heterocycles. The van der Waals surface area contributed by atoms with Crippen LogP contribution in [0.1, 0.15) is 12.8 Å². The predicted octanol–water partition coefficient (Wildman–Crippen LogP) is 4.61. The number of thioether (sulfide) groups is 1. The number of hydrogen-bond donors (Lipinski definition) is 2. The first-order valence-electron chi connectivity index (χ1n) is 10.7. The summed E-state index contributed by atoms with van der Waals surface area (Å²) in [4.78, 5) is 16.1. The topological polar surface area (TPSA) is 81.7 Å². The summed E-state index contributed by atoms with van der Waals surface area (Å²) in [6.45, 7) is 1.16. The Kier molecular flexibility index (Phi) is 7.51. The molecule has 1 atom stereocenters. The molecular weight excluding hydrogens is 445 g/mol. The fourth-order valence-corrected chi connectivity index (χ4v) is 4.52. The SMILES string of the molecule is CNc1ccc(Oc2ccnc3cc(OCCCNC4CCSC4=O)c(OC)cc23)c(F)c1. The Balaban J connectivity index is 1.45. The van der Waals surface area contributed by atoms with Crippen LogP contribution in [-0.2, 0) is 4.79 Å². The molecule has 2 N–H and O–H groups in total. The standard InChI is InChI=1S/C24H26FN3O4S/c1-26-15-4-5-21(17(25)12-15)32-20-6-9-28-19-14-23(22(30-2)13-16(19)20)31-10-3-8-27-18-7-11-33-24(18)29/h4-6,9,12-14,18,26-27H,3,7-8,10-11H2,1-2H3. The van der Waals surface area contributed by atoms with Crippen molar-refractivity contribution in [3.63, 3.8) is 0 Å². The first-order chi connectivity index (χ1) is 16.1. The van der Waals surface area contributed by atoms with Crippen molar-refractivity contribution in [2.24, 2.45) is 0 Å². The van der Waals surface area contributed by atoms with Crippen molar-refractivity contribution >= 4 is 33.5 Å². The van der Waals surface area contributed by atoms with Gasteiger partial charge in [0.25, 0.3) is 0 Å². The Morgan fingerprint density at radius 3 is 2.76 bits per heavy atom. The van der Waals surface area contributed by atoms with Crippen LogP contribution in [0, 0.1) is 5.82 Å². The van der Waals surface area contributed by atoms with Gasteiger partial charge >= 0.3 is 0 Å². The molecule has 2 aromatic carbocycles. The molecule has 0 aliphatic carbocycles. The second-order valence-corrected chi connectivity index (χ2v) is 8.59. The molecule has 0 saturated carbocycles. The largest absolute Gasteiger partial charge is 0.493 e. The monoisotopic (exact) mass is 471 g/mol. The molecule has 1 unspecified atom stereocenters. The number of pyridine rings is 1. The van der Waals surface area contributed by atoms with Gasteiger partial charge < -0.3 is 24.8 Å². The summed E-state index contributed by atoms with van der Waals surface area (Å²) >= 11 is 1.39. The van der Waals surface area contributed by atoms with E-state index < -0.39 is 5.82 Å². The van der Waals surface area contributed by atoms with Gasteiger partial charge in [0.2, 0.25) is 5.12 Å². The number of nitrogens with one attached hydrogen (secondary N) is 2. The average molecular weight is 472 g/mol. The number of hydrogen-bond acceptors (Lipinski definition) is 8. The maximum Gasteiger partial charge on any atom is 0.205 e. The second-order valence-electron chi connectivity index (χ2n) is 7.49. The number of nitrogens with zero attached hydrogens (tertiary/aromatic N) is 1. The van der Waals surface area contributed by atoms with E-state index in [0.717, 1.165) is 18.6 Å². The third kappa shape index (κ3) is 5.48. The molecule has 1 saturated heterocycles. The number of halogens is 1. The van der Waals surface area contributed by atoms with Gasteiger partial charge in [-0.25, -0.2) is 4.39 Å². The van der Waals surface area contributed by atoms with Gasteiger partial charge in [0, 0.05) is 42.2 Å². The minimum atomic E-state index is -0.467. The van der Waals surface area contributed by atoms with Gasteiger partial charge in [0.05, 0.1) is 25.3 Å². The highest BCUT2D eigenvalue weighted by atomic mass is 32.2. The van der Waals surface area contributed by atoms with Gasteiger partial charge in [-0.2, -0.15) is 0 Å². The van der Waals surface area contributed by atoms with E-state index in [4.69, 9.17) is 14.2 Å². The highest BCUT2D eigenvalue weighted by Crippen LogP contribution is 2.37. The van der Waals surface area contributed by atoms with Gasteiger partial charge in [-0.1, -0.05) is 11.8 Å². The summed E-state index contributed by atoms with van der Waals surface area (Å²) in [6.07, 6.45) is 3.23. The summed E-state index contributed by atoms with van der Waals surface area (Å²) in [6, 6.07) is 9.89. The van der Waals surface area contributed by atoms with E-state index in [-0.39, 0.29) is 16.9 Å². The molecule has 0 bridgehead atoms. The van der Waals surface area contributed by atoms with E-state index in [1.807, 2.05) is 0 Å². The third-order valence-electron chi connectivity index (χ3n) is 5.33. The Hall–Kier alpha value is -3.04. The van der Waals surface area contributed by atoms with Gasteiger partial charge in [0.1, 0.15) is 5.75 Å². The molecule has 3 aromatic rings. The van der Waals surface area contributed by atoms with Gasteiger partial charge in [0.15, 0.2) is 23.1 Å². The Bertz CT molecular complexity index is 1140. The molecule has 2 heterocycles. The summed E-state index contributed by atoms with van der Waals surface area (Å²) < 4.78 is 31.7. The predicted molar refractivity (Wildman–Crippen MR) is 128 cm³/mol. The molecule has 0 radical (unpaired) electrons. The maximum atomic E-state index is 14.4. The highest BCUT2D eigenvalue weighted by molar-refractivity contribution is 8.14. The number of aromatic nitrogens is 1. The summed E-state index contributed by atoms with van der Waals surface area (Å²) in [5, 5.41) is 7.06. The number of methoxy groups -OCH3 is 1. The molecule has 174 valence electrons. The molecule has 1 fully saturated rings. The lowest BCUT2D eigenvalue weighted by molar-refractivity contribution is -0.112. The molecular formula is C24H26FN3O4S. The van der Waals surface area contributed by atoms with Crippen molar-refractivity contribution < 1.29 is 23.4 Å². The minimum Gasteiger partial charge on any atom is -0.493 e. The maximum absolute atomic E-state index is 14.4. The zero-order valence-electron chi connectivity index (χ0n) is 18.5. The lowest BCUT2D eigenvalue weighted by Gasteiger charge is -2.15. The number of carbonyl (C=O) groups excluding carboxylic acids is 1. The Morgan fingerprint density at radius 1 is 1.15 bits per heavy atom. The normalized spacial score (nSPS) is 15.6. The molecule has 33 heavy (non-hydrogen) atoms. The molecule has 0 amide bonds. The van der Waals surface area contributed by atoms with E-state index in [1.54, 1.807) is 50.7 Å². The highest BCUT2D eigenvalue weighted by Gasteiger charge is 2.24. The van der Waals surface area contributed by atoms with Crippen LogP contribution in [0.15, 0.2) is 42.6 Å². The molecule has 1 aromatic heterocycles. The summed E-state index contributed by atoms with van der Waals surface area (Å²) in [5.41, 5.74) is 1.30. The van der Waals surface area contributed by atoms with Crippen LogP contribution >= 0.6 is 11.8 Å². The van der Waals surface area contributed by atoms with E-state index in [9.17, 15) is 9.18 Å². The quantitative estimate of drug-likeness (QED) is 0.415. The van der Waals surface area contributed by atoms with E-state index in [1.165, 1.54) is 17.8 Å². The van der Waals surface area contributed by atoms with Crippen LogP contribution in [-0.4, -0.2) is 49.2 Å². The molecule has 1 aliphatic rings. The number of ether oxygens (including phenoxy) is 3. The fraction of sp³-hybridized carbons (Fsp3) is 0.333. The number of carbonyl (C=O) groups is 1. The van der Waals surface area contributed by atoms with Gasteiger partial charge in [-0.05, 0) is 43.7 Å². The lowest BCUT2D eigenvalue weighted by atomic mass is 10.1. The van der Waals surface area contributed by atoms with Crippen LogP contribution in [0.5, 0.6) is 23.0 Å². The second kappa shape index (κ2) is 10.7. The van der Waals surface area contributed by atoms with Crippen LogP contribution in [0.2, 0.25) is 0 Å². The molecule has 0 spiro atoms. The summed E-state index contributed by atoms with van der Waals surface area (Å²) in [5.74, 6) is 2.09. The van der Waals surface area contributed by atoms with Crippen molar-refractivity contribution in [3.8, 4) is 23.0 Å².